The molecule has 2 aliphatic rings. The highest BCUT2D eigenvalue weighted by Gasteiger charge is 2.21. The summed E-state index contributed by atoms with van der Waals surface area (Å²) < 4.78 is 12.3. The summed E-state index contributed by atoms with van der Waals surface area (Å²) >= 11 is 3.62. The van der Waals surface area contributed by atoms with E-state index in [1.54, 1.807) is 0 Å². The molecule has 1 fully saturated rings. The number of benzene rings is 1. The Hall–Kier alpha value is -0.780. The lowest BCUT2D eigenvalue weighted by Crippen LogP contribution is -2.36. The van der Waals surface area contributed by atoms with Crippen LogP contribution in [0.15, 0.2) is 16.6 Å². The molecule has 1 aromatic rings. The first-order valence-electron chi connectivity index (χ1n) is 7.17. The highest BCUT2D eigenvalue weighted by molar-refractivity contribution is 9.10. The Kier molecular flexibility index (Phi) is 4.48. The molecule has 1 aromatic carbocycles. The van der Waals surface area contributed by atoms with Crippen LogP contribution in [0.4, 0.5) is 0 Å². The highest BCUT2D eigenvalue weighted by atomic mass is 79.9. The first kappa shape index (κ1) is 14.2. The number of rotatable bonds is 3. The number of aliphatic hydroxyl groups excluding tert-OH is 1. The van der Waals surface area contributed by atoms with Gasteiger partial charge in [0.05, 0.1) is 0 Å². The Morgan fingerprint density at radius 2 is 2.00 bits per heavy atom. The van der Waals surface area contributed by atoms with E-state index in [4.69, 9.17) is 9.47 Å². The summed E-state index contributed by atoms with van der Waals surface area (Å²) in [6, 6.07) is 4.07. The number of halogens is 1. The van der Waals surface area contributed by atoms with Crippen molar-refractivity contribution in [2.45, 2.75) is 19.4 Å². The van der Waals surface area contributed by atoms with Gasteiger partial charge in [-0.05, 0) is 43.0 Å². The minimum absolute atomic E-state index is 0.290. The molecule has 0 bridgehead atoms. The first-order valence-corrected chi connectivity index (χ1v) is 7.97. The lowest BCUT2D eigenvalue weighted by atomic mass is 9.98. The molecule has 0 aromatic heterocycles. The van der Waals surface area contributed by atoms with Crippen LogP contribution in [0.5, 0.6) is 11.5 Å². The second-order valence-corrected chi connectivity index (χ2v) is 6.37. The average Bonchev–Trinajstić information content (AvgIpc) is 2.48. The van der Waals surface area contributed by atoms with Crippen molar-refractivity contribution in [2.24, 2.45) is 5.92 Å². The van der Waals surface area contributed by atoms with Gasteiger partial charge in [-0.1, -0.05) is 15.9 Å². The van der Waals surface area contributed by atoms with Crippen LogP contribution in [0.3, 0.4) is 0 Å². The number of likely N-dealkylation sites (tertiary alicyclic amines) is 1. The summed E-state index contributed by atoms with van der Waals surface area (Å²) in [6.07, 6.45) is 2.29. The van der Waals surface area contributed by atoms with Crippen molar-refractivity contribution in [1.29, 1.82) is 0 Å². The molecule has 0 saturated carbocycles. The zero-order chi connectivity index (χ0) is 13.9. The maximum Gasteiger partial charge on any atom is 0.162 e. The van der Waals surface area contributed by atoms with Gasteiger partial charge in [0.25, 0.3) is 0 Å². The zero-order valence-electron chi connectivity index (χ0n) is 11.5. The minimum atomic E-state index is 0.290. The Balaban J connectivity index is 1.73. The van der Waals surface area contributed by atoms with Gasteiger partial charge in [0, 0.05) is 24.2 Å². The van der Waals surface area contributed by atoms with Crippen molar-refractivity contribution >= 4 is 15.9 Å². The molecule has 4 nitrogen and oxygen atoms in total. The van der Waals surface area contributed by atoms with Gasteiger partial charge in [-0.25, -0.2) is 0 Å². The maximum atomic E-state index is 9.32. The van der Waals surface area contributed by atoms with Gasteiger partial charge in [-0.3, -0.25) is 4.90 Å². The average molecular weight is 342 g/mol. The topological polar surface area (TPSA) is 41.9 Å². The van der Waals surface area contributed by atoms with E-state index in [-0.39, 0.29) is 0 Å². The monoisotopic (exact) mass is 341 g/mol. The number of fused-ring (bicyclic) bond motifs is 1. The largest absolute Gasteiger partial charge is 0.486 e. The van der Waals surface area contributed by atoms with Gasteiger partial charge in [-0.2, -0.15) is 0 Å². The number of aliphatic hydroxyl groups is 1. The van der Waals surface area contributed by atoms with E-state index in [1.807, 2.05) is 6.07 Å². The lowest BCUT2D eigenvalue weighted by Gasteiger charge is -2.32. The second-order valence-electron chi connectivity index (χ2n) is 5.51. The predicted octanol–water partition coefficient (Wildman–Crippen LogP) is 2.42. The van der Waals surface area contributed by atoms with E-state index in [9.17, 15) is 5.11 Å². The number of ether oxygens (including phenoxy) is 2. The molecule has 0 amide bonds. The first-order chi connectivity index (χ1) is 9.76. The van der Waals surface area contributed by atoms with Gasteiger partial charge in [0.15, 0.2) is 11.5 Å². The summed E-state index contributed by atoms with van der Waals surface area (Å²) in [4.78, 5) is 2.40. The van der Waals surface area contributed by atoms with E-state index in [2.05, 4.69) is 26.9 Å². The van der Waals surface area contributed by atoms with Crippen LogP contribution in [0.1, 0.15) is 18.4 Å². The van der Waals surface area contributed by atoms with Crippen molar-refractivity contribution in [3.63, 3.8) is 0 Å². The Morgan fingerprint density at radius 1 is 1.25 bits per heavy atom. The lowest BCUT2D eigenvalue weighted by molar-refractivity contribution is 0.115. The van der Waals surface area contributed by atoms with Gasteiger partial charge >= 0.3 is 0 Å². The number of nitrogens with zero attached hydrogens (tertiary/aromatic N) is 1. The molecular formula is C15H20BrNO3. The van der Waals surface area contributed by atoms with Crippen LogP contribution >= 0.6 is 15.9 Å². The summed E-state index contributed by atoms with van der Waals surface area (Å²) in [7, 11) is 0. The third kappa shape index (κ3) is 3.10. The van der Waals surface area contributed by atoms with E-state index in [0.717, 1.165) is 48.4 Å². The molecule has 20 heavy (non-hydrogen) atoms. The molecule has 3 rings (SSSR count). The summed E-state index contributed by atoms with van der Waals surface area (Å²) in [5, 5.41) is 9.32. The van der Waals surface area contributed by atoms with Gasteiger partial charge in [-0.15, -0.1) is 0 Å². The molecule has 1 N–H and O–H groups in total. The summed E-state index contributed by atoms with van der Waals surface area (Å²) in [5.41, 5.74) is 1.22. The van der Waals surface area contributed by atoms with Crippen molar-refractivity contribution in [3.05, 3.63) is 22.2 Å². The summed E-state index contributed by atoms with van der Waals surface area (Å²) in [6.45, 7) is 4.47. The van der Waals surface area contributed by atoms with Gasteiger partial charge in [0.1, 0.15) is 13.2 Å². The molecule has 0 spiro atoms. The third-order valence-electron chi connectivity index (χ3n) is 3.97. The number of piperidine rings is 1. The van der Waals surface area contributed by atoms with Crippen molar-refractivity contribution < 1.29 is 14.6 Å². The Bertz CT molecular complexity index is 480. The van der Waals surface area contributed by atoms with Gasteiger partial charge < -0.3 is 14.6 Å². The van der Waals surface area contributed by atoms with E-state index in [1.165, 1.54) is 5.56 Å². The minimum Gasteiger partial charge on any atom is -0.486 e. The van der Waals surface area contributed by atoms with Crippen LogP contribution in [-0.2, 0) is 6.54 Å². The molecule has 1 saturated heterocycles. The van der Waals surface area contributed by atoms with Crippen LogP contribution < -0.4 is 9.47 Å². The molecule has 5 heteroatoms. The number of hydrogen-bond acceptors (Lipinski definition) is 4. The Labute approximate surface area is 127 Å². The van der Waals surface area contributed by atoms with E-state index >= 15 is 0 Å². The highest BCUT2D eigenvalue weighted by Crippen LogP contribution is 2.36. The predicted molar refractivity (Wildman–Crippen MR) is 80.2 cm³/mol. The van der Waals surface area contributed by atoms with Crippen LogP contribution in [0, 0.1) is 5.92 Å². The molecule has 0 aliphatic carbocycles. The molecule has 2 aliphatic heterocycles. The number of hydrogen-bond donors (Lipinski definition) is 1. The van der Waals surface area contributed by atoms with E-state index < -0.39 is 0 Å². The van der Waals surface area contributed by atoms with Crippen molar-refractivity contribution in [1.82, 2.24) is 4.90 Å². The maximum absolute atomic E-state index is 9.32. The smallest absolute Gasteiger partial charge is 0.162 e. The Morgan fingerprint density at radius 3 is 2.75 bits per heavy atom. The third-order valence-corrected chi connectivity index (χ3v) is 4.70. The molecule has 2 heterocycles. The van der Waals surface area contributed by atoms with Gasteiger partial charge in [0.2, 0.25) is 0 Å². The molecular weight excluding hydrogens is 322 g/mol. The fourth-order valence-electron chi connectivity index (χ4n) is 2.91. The SMILES string of the molecule is OCC1CCCN(Cc2cc3c(cc2Br)OCCO3)C1. The molecule has 110 valence electrons. The van der Waals surface area contributed by atoms with Crippen LogP contribution in [0.25, 0.3) is 0 Å². The van der Waals surface area contributed by atoms with Crippen LogP contribution in [-0.4, -0.2) is 42.9 Å². The van der Waals surface area contributed by atoms with E-state index in [0.29, 0.717) is 25.7 Å². The molecule has 1 unspecified atom stereocenters. The molecule has 0 radical (unpaired) electrons. The fraction of sp³-hybridized carbons (Fsp3) is 0.600. The van der Waals surface area contributed by atoms with Crippen molar-refractivity contribution in [2.75, 3.05) is 32.9 Å². The normalized spacial score (nSPS) is 22.8. The van der Waals surface area contributed by atoms with Crippen LogP contribution in [0.2, 0.25) is 0 Å². The second kappa shape index (κ2) is 6.33. The standard InChI is InChI=1S/C15H20BrNO3/c16-13-7-15-14(19-4-5-20-15)6-12(13)9-17-3-1-2-11(8-17)10-18/h6-7,11,18H,1-5,8-10H2. The quantitative estimate of drug-likeness (QED) is 0.916. The van der Waals surface area contributed by atoms with Crippen molar-refractivity contribution in [3.8, 4) is 11.5 Å². The summed E-state index contributed by atoms with van der Waals surface area (Å²) in [5.74, 6) is 2.07. The zero-order valence-corrected chi connectivity index (χ0v) is 13.1. The fourth-order valence-corrected chi connectivity index (χ4v) is 3.36. The molecule has 1 atom stereocenters.